The Balaban J connectivity index is 2.25. The second-order valence-corrected chi connectivity index (χ2v) is 5.93. The van der Waals surface area contributed by atoms with Crippen molar-refractivity contribution in [2.75, 3.05) is 6.61 Å². The summed E-state index contributed by atoms with van der Waals surface area (Å²) in [6.45, 7) is 5.32. The molecule has 0 spiro atoms. The molecule has 0 radical (unpaired) electrons. The molecule has 0 aromatic carbocycles. The minimum Gasteiger partial charge on any atom is -0.464 e. The molecule has 0 aliphatic carbocycles. The molecule has 1 unspecified atom stereocenters. The molecule has 22 heavy (non-hydrogen) atoms. The number of esters is 1. The minimum absolute atomic E-state index is 0.206. The van der Waals surface area contributed by atoms with Crippen LogP contribution in [0.15, 0.2) is 17.0 Å². The molecule has 1 saturated heterocycles. The quantitative estimate of drug-likeness (QED) is 0.628. The van der Waals surface area contributed by atoms with E-state index in [1.165, 1.54) is 6.92 Å². The van der Waals surface area contributed by atoms with Gasteiger partial charge < -0.3 is 9.30 Å². The van der Waals surface area contributed by atoms with E-state index in [9.17, 15) is 14.4 Å². The third-order valence-electron chi connectivity index (χ3n) is 3.53. The zero-order valence-electron chi connectivity index (χ0n) is 13.0. The molecular weight excluding hydrogens is 304 g/mol. The van der Waals surface area contributed by atoms with Gasteiger partial charge in [0.25, 0.3) is 11.1 Å². The van der Waals surface area contributed by atoms with Crippen LogP contribution in [0, 0.1) is 6.92 Å². The van der Waals surface area contributed by atoms with E-state index in [2.05, 4.69) is 0 Å². The van der Waals surface area contributed by atoms with Crippen LogP contribution < -0.4 is 0 Å². The maximum absolute atomic E-state index is 12.4. The van der Waals surface area contributed by atoms with E-state index in [-0.39, 0.29) is 6.61 Å². The van der Waals surface area contributed by atoms with Crippen molar-refractivity contribution < 1.29 is 19.1 Å². The van der Waals surface area contributed by atoms with Crippen molar-refractivity contribution in [3.05, 3.63) is 28.4 Å². The van der Waals surface area contributed by atoms with Gasteiger partial charge in [0.2, 0.25) is 0 Å². The average molecular weight is 322 g/mol. The Bertz CT molecular complexity index is 662. The Morgan fingerprint density at radius 3 is 2.64 bits per heavy atom. The van der Waals surface area contributed by atoms with Gasteiger partial charge in [0.15, 0.2) is 0 Å². The third-order valence-corrected chi connectivity index (χ3v) is 4.41. The van der Waals surface area contributed by atoms with Crippen molar-refractivity contribution in [2.45, 2.75) is 26.8 Å². The highest BCUT2D eigenvalue weighted by atomic mass is 32.2. The van der Waals surface area contributed by atoms with Crippen LogP contribution in [0.5, 0.6) is 0 Å². The molecular formula is C15H18N2O4S. The van der Waals surface area contributed by atoms with Crippen LogP contribution in [0.4, 0.5) is 4.79 Å². The Kier molecular flexibility index (Phi) is 4.75. The zero-order valence-corrected chi connectivity index (χ0v) is 13.8. The van der Waals surface area contributed by atoms with Gasteiger partial charge in [-0.25, -0.2) is 4.79 Å². The normalized spacial score (nSPS) is 18.2. The van der Waals surface area contributed by atoms with Gasteiger partial charge in [-0.2, -0.15) is 0 Å². The number of amides is 2. The molecule has 0 bridgehead atoms. The Morgan fingerprint density at radius 1 is 1.41 bits per heavy atom. The van der Waals surface area contributed by atoms with Crippen molar-refractivity contribution in [3.63, 3.8) is 0 Å². The van der Waals surface area contributed by atoms with E-state index in [0.717, 1.165) is 28.0 Å². The first kappa shape index (κ1) is 16.4. The fourth-order valence-electron chi connectivity index (χ4n) is 2.09. The highest BCUT2D eigenvalue weighted by molar-refractivity contribution is 8.18. The van der Waals surface area contributed by atoms with Crippen LogP contribution in [0.25, 0.3) is 6.08 Å². The van der Waals surface area contributed by atoms with Crippen LogP contribution >= 0.6 is 11.8 Å². The number of carbonyl (C=O) groups excluding carboxylic acids is 3. The smallest absolute Gasteiger partial charge is 0.329 e. The first-order valence-electron chi connectivity index (χ1n) is 6.92. The third kappa shape index (κ3) is 2.94. The van der Waals surface area contributed by atoms with Crippen LogP contribution in [0.1, 0.15) is 25.2 Å². The molecule has 2 heterocycles. The van der Waals surface area contributed by atoms with Gasteiger partial charge in [0.1, 0.15) is 6.04 Å². The van der Waals surface area contributed by atoms with E-state index in [1.54, 1.807) is 13.0 Å². The lowest BCUT2D eigenvalue weighted by molar-refractivity contribution is -0.150. The average Bonchev–Trinajstić information content (AvgIpc) is 2.92. The Morgan fingerprint density at radius 2 is 2.09 bits per heavy atom. The SMILES string of the molecule is CCOC(=O)C(C)N1C(=O)S/C(=C/c2ccc(C)n2C)C1=O. The highest BCUT2D eigenvalue weighted by Gasteiger charge is 2.41. The van der Waals surface area contributed by atoms with Gasteiger partial charge in [-0.3, -0.25) is 14.5 Å². The van der Waals surface area contributed by atoms with Crippen molar-refractivity contribution in [2.24, 2.45) is 7.05 Å². The molecule has 2 amide bonds. The first-order chi connectivity index (χ1) is 10.4. The van der Waals surface area contributed by atoms with E-state index in [1.807, 2.05) is 30.7 Å². The number of carbonyl (C=O) groups is 3. The lowest BCUT2D eigenvalue weighted by Crippen LogP contribution is -2.42. The second kappa shape index (κ2) is 6.39. The summed E-state index contributed by atoms with van der Waals surface area (Å²) < 4.78 is 6.79. The predicted molar refractivity (Wildman–Crippen MR) is 84.1 cm³/mol. The fourth-order valence-corrected chi connectivity index (χ4v) is 2.99. The number of aryl methyl sites for hydroxylation is 1. The molecule has 1 fully saturated rings. The molecule has 2 rings (SSSR count). The number of hydrogen-bond acceptors (Lipinski definition) is 5. The zero-order chi connectivity index (χ0) is 16.4. The van der Waals surface area contributed by atoms with Crippen LogP contribution in [0.2, 0.25) is 0 Å². The molecule has 0 N–H and O–H groups in total. The predicted octanol–water partition coefficient (Wildman–Crippen LogP) is 2.32. The number of imide groups is 1. The summed E-state index contributed by atoms with van der Waals surface area (Å²) in [6.07, 6.45) is 1.66. The van der Waals surface area contributed by atoms with E-state index < -0.39 is 23.2 Å². The largest absolute Gasteiger partial charge is 0.464 e. The number of thioether (sulfide) groups is 1. The van der Waals surface area contributed by atoms with Crippen molar-refractivity contribution in [1.82, 2.24) is 9.47 Å². The summed E-state index contributed by atoms with van der Waals surface area (Å²) in [5.74, 6) is -1.05. The van der Waals surface area contributed by atoms with Gasteiger partial charge in [0.05, 0.1) is 11.5 Å². The monoisotopic (exact) mass is 322 g/mol. The second-order valence-electron chi connectivity index (χ2n) is 4.94. The minimum atomic E-state index is -0.923. The number of ether oxygens (including phenoxy) is 1. The number of aromatic nitrogens is 1. The Hall–Kier alpha value is -2.02. The standard InChI is InChI=1S/C15H18N2O4S/c1-5-21-14(19)10(3)17-13(18)12(22-15(17)20)8-11-7-6-9(2)16(11)4/h6-8,10H,5H2,1-4H3/b12-8+. The van der Waals surface area contributed by atoms with Gasteiger partial charge in [-0.05, 0) is 50.7 Å². The molecule has 1 atom stereocenters. The summed E-state index contributed by atoms with van der Waals surface area (Å²) in [5.41, 5.74) is 1.87. The van der Waals surface area contributed by atoms with Gasteiger partial charge in [-0.15, -0.1) is 0 Å². The van der Waals surface area contributed by atoms with Crippen molar-refractivity contribution >= 4 is 35.0 Å². The summed E-state index contributed by atoms with van der Waals surface area (Å²) in [4.78, 5) is 37.4. The molecule has 118 valence electrons. The van der Waals surface area contributed by atoms with E-state index >= 15 is 0 Å². The van der Waals surface area contributed by atoms with Crippen molar-refractivity contribution in [1.29, 1.82) is 0 Å². The summed E-state index contributed by atoms with van der Waals surface area (Å²) in [5, 5.41) is -0.456. The Labute approximate surface area is 133 Å². The highest BCUT2D eigenvalue weighted by Crippen LogP contribution is 2.33. The molecule has 1 aliphatic rings. The summed E-state index contributed by atoms with van der Waals surface area (Å²) >= 11 is 0.836. The molecule has 1 aromatic heterocycles. The first-order valence-corrected chi connectivity index (χ1v) is 7.74. The number of nitrogens with zero attached hydrogens (tertiary/aromatic N) is 2. The van der Waals surface area contributed by atoms with E-state index in [4.69, 9.17) is 4.74 Å². The lowest BCUT2D eigenvalue weighted by atomic mass is 10.2. The maximum Gasteiger partial charge on any atom is 0.329 e. The number of rotatable bonds is 4. The summed E-state index contributed by atoms with van der Waals surface area (Å²) in [6, 6.07) is 2.88. The van der Waals surface area contributed by atoms with E-state index in [0.29, 0.717) is 4.91 Å². The van der Waals surface area contributed by atoms with Crippen LogP contribution in [0.3, 0.4) is 0 Å². The molecule has 7 heteroatoms. The maximum atomic E-state index is 12.4. The van der Waals surface area contributed by atoms with Gasteiger partial charge >= 0.3 is 5.97 Å². The van der Waals surface area contributed by atoms with Crippen LogP contribution in [-0.4, -0.2) is 39.2 Å². The number of hydrogen-bond donors (Lipinski definition) is 0. The molecule has 0 saturated carbocycles. The van der Waals surface area contributed by atoms with Gasteiger partial charge in [-0.1, -0.05) is 0 Å². The molecule has 1 aliphatic heterocycles. The topological polar surface area (TPSA) is 68.6 Å². The summed E-state index contributed by atoms with van der Waals surface area (Å²) in [7, 11) is 1.88. The van der Waals surface area contributed by atoms with Gasteiger partial charge in [0, 0.05) is 18.4 Å². The molecule has 6 nitrogen and oxygen atoms in total. The molecule has 1 aromatic rings. The van der Waals surface area contributed by atoms with Crippen LogP contribution in [-0.2, 0) is 21.4 Å². The van der Waals surface area contributed by atoms with Crippen molar-refractivity contribution in [3.8, 4) is 0 Å². The lowest BCUT2D eigenvalue weighted by Gasteiger charge is -2.19. The fraction of sp³-hybridized carbons (Fsp3) is 0.400.